The lowest BCUT2D eigenvalue weighted by molar-refractivity contribution is 0.661. The van der Waals surface area contributed by atoms with Crippen LogP contribution in [-0.2, 0) is 16.2 Å². The summed E-state index contributed by atoms with van der Waals surface area (Å²) in [5, 5.41) is 12.0. The Balaban J connectivity index is 0.000000108. The lowest BCUT2D eigenvalue weighted by Crippen LogP contribution is -2.16. The third kappa shape index (κ3) is 10.5. The van der Waals surface area contributed by atoms with Crippen molar-refractivity contribution in [2.45, 2.75) is 57.8 Å². The van der Waals surface area contributed by atoms with E-state index in [1.807, 2.05) is 43.1 Å². The number of hydrogen-bond acceptors (Lipinski definition) is 6. The van der Waals surface area contributed by atoms with Gasteiger partial charge in [-0.3, -0.25) is 15.0 Å². The molecule has 0 bridgehead atoms. The first-order valence-electron chi connectivity index (χ1n) is 37.7. The molecule has 6 heterocycles. The fraction of sp³-hybridized carbons (Fsp3) is 0.0874. The molecule has 0 saturated carbocycles. The van der Waals surface area contributed by atoms with Gasteiger partial charge in [0.15, 0.2) is 0 Å². The molecule has 0 saturated heterocycles. The molecule has 516 valence electrons. The van der Waals surface area contributed by atoms with E-state index in [1.54, 1.807) is 0 Å². The van der Waals surface area contributed by atoms with E-state index in [4.69, 9.17) is 15.0 Å². The summed E-state index contributed by atoms with van der Waals surface area (Å²) in [6.45, 7) is 14.0. The number of para-hydroxylation sites is 1. The largest absolute Gasteiger partial charge is 0.265 e. The van der Waals surface area contributed by atoms with Gasteiger partial charge in [0.2, 0.25) is 0 Å². The van der Waals surface area contributed by atoms with Gasteiger partial charge < -0.3 is 0 Å². The van der Waals surface area contributed by atoms with Crippen LogP contribution in [0, 0.1) is 0 Å². The third-order valence-corrected chi connectivity index (χ3v) is 23.5. The number of benzene rings is 13. The van der Waals surface area contributed by atoms with Crippen LogP contribution in [0.5, 0.6) is 0 Å². The highest BCUT2D eigenvalue weighted by molar-refractivity contribution is 6.16. The molecule has 13 aromatic carbocycles. The van der Waals surface area contributed by atoms with Gasteiger partial charge in [0.05, 0.1) is 39.1 Å². The highest BCUT2D eigenvalue weighted by Gasteiger charge is 2.43. The zero-order valence-corrected chi connectivity index (χ0v) is 61.5. The molecule has 6 heteroatoms. The summed E-state index contributed by atoms with van der Waals surface area (Å²) < 4.78 is 0. The molecule has 6 aromatic heterocycles. The van der Waals surface area contributed by atoms with Gasteiger partial charge in [0.25, 0.3) is 0 Å². The Labute approximate surface area is 633 Å². The average Bonchev–Trinajstić information content (AvgIpc) is 1.58. The van der Waals surface area contributed by atoms with Crippen LogP contribution in [0.4, 0.5) is 0 Å². The quantitative estimate of drug-likeness (QED) is 0.154. The van der Waals surface area contributed by atoms with E-state index in [9.17, 15) is 0 Å². The van der Waals surface area contributed by atoms with Crippen LogP contribution in [-0.4, -0.2) is 29.9 Å². The summed E-state index contributed by atoms with van der Waals surface area (Å²) in [5.41, 5.74) is 33.3. The summed E-state index contributed by atoms with van der Waals surface area (Å²) in [7, 11) is 0. The van der Waals surface area contributed by atoms with Crippen LogP contribution >= 0.6 is 0 Å². The Hall–Kier alpha value is -13.4. The second kappa shape index (κ2) is 25.4. The van der Waals surface area contributed by atoms with Gasteiger partial charge in [-0.25, -0.2) is 15.0 Å². The number of rotatable bonds is 6. The van der Waals surface area contributed by atoms with Gasteiger partial charge in [-0.05, 0) is 141 Å². The monoisotopic (exact) mass is 1390 g/mol. The SMILES string of the molecule is CC1(C)c2ccccc2-c2nc3c(ccc4ccccc43)c(-c3ccc(-c4cccnc4)cc3)c21.CC1(C)c2ccccc2-c2nc3c(ccc4ccccc43)c(-c3ccc(-c4ccncc4)cc3)c21.CC1(C)c2ccccc2-c2nc3c(ccc4ccccc43)c(-c3ccc(-c4cnc5ccccc5c4)cc3)c21. The van der Waals surface area contributed by atoms with Crippen LogP contribution in [0.1, 0.15) is 74.9 Å². The molecule has 0 spiro atoms. The lowest BCUT2D eigenvalue weighted by Gasteiger charge is -2.25. The molecule has 22 rings (SSSR count). The van der Waals surface area contributed by atoms with Crippen molar-refractivity contribution in [2.24, 2.45) is 0 Å². The molecule has 3 aliphatic carbocycles. The molecule has 0 aliphatic heterocycles. The number of hydrogen-bond donors (Lipinski definition) is 0. The first kappa shape index (κ1) is 65.1. The van der Waals surface area contributed by atoms with Crippen molar-refractivity contribution in [3.8, 4) is 101 Å². The normalized spacial score (nSPS) is 13.6. The Morgan fingerprint density at radius 3 is 0.972 bits per heavy atom. The third-order valence-electron chi connectivity index (χ3n) is 23.5. The molecule has 19 aromatic rings. The van der Waals surface area contributed by atoms with E-state index in [2.05, 4.69) is 354 Å². The van der Waals surface area contributed by atoms with Gasteiger partial charge in [0.1, 0.15) is 0 Å². The van der Waals surface area contributed by atoms with Crippen molar-refractivity contribution < 1.29 is 0 Å². The Morgan fingerprint density at radius 2 is 0.569 bits per heavy atom. The first-order chi connectivity index (χ1) is 53.3. The molecule has 0 radical (unpaired) electrons. The number of nitrogens with zero attached hydrogens (tertiary/aromatic N) is 6. The van der Waals surface area contributed by atoms with Crippen molar-refractivity contribution in [3.63, 3.8) is 0 Å². The predicted octanol–water partition coefficient (Wildman–Crippen LogP) is 26.4. The average molecular weight is 1400 g/mol. The molecule has 3 aliphatic rings. The van der Waals surface area contributed by atoms with Crippen LogP contribution in [0.15, 0.2) is 340 Å². The van der Waals surface area contributed by atoms with Crippen LogP contribution in [0.2, 0.25) is 0 Å². The lowest BCUT2D eigenvalue weighted by atomic mass is 9.78. The van der Waals surface area contributed by atoms with Gasteiger partial charge >= 0.3 is 0 Å². The number of aromatic nitrogens is 6. The van der Waals surface area contributed by atoms with Crippen molar-refractivity contribution in [1.82, 2.24) is 29.9 Å². The Morgan fingerprint density at radius 1 is 0.229 bits per heavy atom. The van der Waals surface area contributed by atoms with Crippen molar-refractivity contribution in [2.75, 3.05) is 0 Å². The van der Waals surface area contributed by atoms with E-state index in [0.717, 1.165) is 55.7 Å². The molecule has 0 unspecified atom stereocenters. The molecule has 0 fully saturated rings. The smallest absolute Gasteiger partial charge is 0.0794 e. The fourth-order valence-electron chi connectivity index (χ4n) is 18.2. The maximum absolute atomic E-state index is 5.39. The van der Waals surface area contributed by atoms with Crippen molar-refractivity contribution in [1.29, 1.82) is 0 Å². The maximum Gasteiger partial charge on any atom is 0.0794 e. The van der Waals surface area contributed by atoms with Gasteiger partial charge in [0, 0.05) is 107 Å². The summed E-state index contributed by atoms with van der Waals surface area (Å²) in [6, 6.07) is 111. The summed E-state index contributed by atoms with van der Waals surface area (Å²) in [5.74, 6) is 0. The van der Waals surface area contributed by atoms with Crippen LogP contribution in [0.3, 0.4) is 0 Å². The van der Waals surface area contributed by atoms with E-state index in [-0.39, 0.29) is 16.2 Å². The number of fused-ring (bicyclic) bond motifs is 19. The Kier molecular flexibility index (Phi) is 15.2. The molecular formula is C103H74N6. The summed E-state index contributed by atoms with van der Waals surface area (Å²) in [6.07, 6.45) is 9.40. The molecule has 109 heavy (non-hydrogen) atoms. The summed E-state index contributed by atoms with van der Waals surface area (Å²) >= 11 is 0. The number of pyridine rings is 6. The van der Waals surface area contributed by atoms with E-state index < -0.39 is 0 Å². The topological polar surface area (TPSA) is 77.3 Å². The second-order valence-corrected chi connectivity index (χ2v) is 30.8. The zero-order valence-electron chi connectivity index (χ0n) is 61.5. The fourth-order valence-corrected chi connectivity index (χ4v) is 18.2. The predicted molar refractivity (Wildman–Crippen MR) is 454 cm³/mol. The summed E-state index contributed by atoms with van der Waals surface area (Å²) in [4.78, 5) is 29.3. The van der Waals surface area contributed by atoms with E-state index in [1.165, 1.54) is 154 Å². The molecule has 0 atom stereocenters. The van der Waals surface area contributed by atoms with Crippen LogP contribution in [0.25, 0.3) is 176 Å². The van der Waals surface area contributed by atoms with Gasteiger partial charge in [-0.2, -0.15) is 0 Å². The minimum absolute atomic E-state index is 0.141. The first-order valence-corrected chi connectivity index (χ1v) is 37.7. The highest BCUT2D eigenvalue weighted by atomic mass is 14.8. The maximum atomic E-state index is 5.39. The van der Waals surface area contributed by atoms with Crippen molar-refractivity contribution in [3.05, 3.63) is 374 Å². The van der Waals surface area contributed by atoms with E-state index in [0.29, 0.717) is 0 Å². The second-order valence-electron chi connectivity index (χ2n) is 30.8. The standard InChI is InChI=1S/C37H26N2.2C33H24N2/c1-37(2)31-13-7-6-12-29(31)36-34(37)33(30-20-19-24-9-3-5-11-28(24)35(30)39-36)25-17-15-23(16-18-25)27-21-26-10-4-8-14-32(26)38-22-27;1-33(2)28-12-6-5-11-26(28)32-30(33)29(23-15-13-21(14-16-23)24-9-7-19-34-20-24)27-18-17-22-8-3-4-10-25(22)31(27)35-32;1-33(2)28-10-6-5-9-26(28)32-30(33)29(24-13-11-21(12-14-24)22-17-19-34-20-18-22)27-16-15-23-7-3-4-8-25(23)31(27)35-32/h3-22H,1-2H3;2*3-20H,1-2H3. The molecule has 6 nitrogen and oxygen atoms in total. The van der Waals surface area contributed by atoms with E-state index >= 15 is 0 Å². The molecule has 0 amide bonds. The van der Waals surface area contributed by atoms with Crippen molar-refractivity contribution >= 4 is 75.9 Å². The molecular weight excluding hydrogens is 1320 g/mol. The minimum Gasteiger partial charge on any atom is -0.265 e. The molecule has 0 N–H and O–H groups in total. The van der Waals surface area contributed by atoms with Crippen LogP contribution < -0.4 is 0 Å². The minimum atomic E-state index is -0.158. The highest BCUT2D eigenvalue weighted by Crippen LogP contribution is 2.57. The Bertz CT molecular complexity index is 6640. The van der Waals surface area contributed by atoms with Gasteiger partial charge in [-0.15, -0.1) is 0 Å². The zero-order chi connectivity index (χ0) is 73.3. The van der Waals surface area contributed by atoms with Gasteiger partial charge in [-0.1, -0.05) is 321 Å².